The zero-order valence-electron chi connectivity index (χ0n) is 7.84. The van der Waals surface area contributed by atoms with E-state index in [0.29, 0.717) is 4.47 Å². The highest BCUT2D eigenvalue weighted by atomic mass is 79.9. The van der Waals surface area contributed by atoms with Crippen LogP contribution in [0.3, 0.4) is 0 Å². The molecule has 2 N–H and O–H groups in total. The zero-order chi connectivity index (χ0) is 12.3. The van der Waals surface area contributed by atoms with Gasteiger partial charge in [0.1, 0.15) is 6.61 Å². The van der Waals surface area contributed by atoms with E-state index in [1.807, 2.05) is 0 Å². The molecule has 0 fully saturated rings. The number of carbonyl (C=O) groups excluding carboxylic acids is 1. The summed E-state index contributed by atoms with van der Waals surface area (Å²) in [5.74, 6) is 0. The van der Waals surface area contributed by atoms with Crippen molar-refractivity contribution < 1.29 is 22.7 Å². The summed E-state index contributed by atoms with van der Waals surface area (Å²) in [4.78, 5) is 10.3. The zero-order valence-corrected chi connectivity index (χ0v) is 9.43. The first kappa shape index (κ1) is 12.8. The van der Waals surface area contributed by atoms with Crippen LogP contribution in [0.5, 0.6) is 0 Å². The number of nitrogens with two attached hydrogens (primary N) is 1. The van der Waals surface area contributed by atoms with Gasteiger partial charge in [0.05, 0.1) is 5.56 Å². The minimum atomic E-state index is -4.43. The van der Waals surface area contributed by atoms with Gasteiger partial charge in [-0.25, -0.2) is 4.79 Å². The molecule has 7 heteroatoms. The molecular formula is C9H7BrF3NO2. The van der Waals surface area contributed by atoms with Crippen LogP contribution in [-0.4, -0.2) is 6.09 Å². The Kier molecular flexibility index (Phi) is 3.79. The van der Waals surface area contributed by atoms with Gasteiger partial charge in [0.15, 0.2) is 0 Å². The van der Waals surface area contributed by atoms with Crippen molar-refractivity contribution in [2.75, 3.05) is 0 Å². The molecule has 0 aromatic heterocycles. The third kappa shape index (κ3) is 3.41. The summed E-state index contributed by atoms with van der Waals surface area (Å²) in [6.45, 7) is -0.306. The molecule has 3 nitrogen and oxygen atoms in total. The van der Waals surface area contributed by atoms with Crippen molar-refractivity contribution >= 4 is 22.0 Å². The standard InChI is InChI=1S/C9H7BrF3NO2/c10-7-2-1-6(9(11,12)13)3-5(7)4-16-8(14)15/h1-3H,4H2,(H2,14,15). The molecule has 0 unspecified atom stereocenters. The van der Waals surface area contributed by atoms with Gasteiger partial charge in [-0.15, -0.1) is 0 Å². The Bertz CT molecular complexity index is 406. The first-order valence-electron chi connectivity index (χ1n) is 4.08. The quantitative estimate of drug-likeness (QED) is 0.912. The maximum atomic E-state index is 12.4. The van der Waals surface area contributed by atoms with Crippen LogP contribution in [-0.2, 0) is 17.5 Å². The molecule has 0 atom stereocenters. The number of hydrogen-bond acceptors (Lipinski definition) is 2. The maximum absolute atomic E-state index is 12.4. The summed E-state index contributed by atoms with van der Waals surface area (Å²) in [6.07, 6.45) is -5.47. The second kappa shape index (κ2) is 4.73. The fourth-order valence-electron chi connectivity index (χ4n) is 1.01. The van der Waals surface area contributed by atoms with Crippen LogP contribution in [0.1, 0.15) is 11.1 Å². The molecule has 0 aliphatic rings. The number of amides is 1. The van der Waals surface area contributed by atoms with Gasteiger partial charge in [-0.1, -0.05) is 15.9 Å². The van der Waals surface area contributed by atoms with Gasteiger partial charge in [0.2, 0.25) is 0 Å². The molecule has 0 radical (unpaired) electrons. The van der Waals surface area contributed by atoms with Crippen LogP contribution in [0.4, 0.5) is 18.0 Å². The molecule has 0 aliphatic heterocycles. The fraction of sp³-hybridized carbons (Fsp3) is 0.222. The Hall–Kier alpha value is -1.24. The number of rotatable bonds is 2. The molecule has 0 aliphatic carbocycles. The van der Waals surface area contributed by atoms with Gasteiger partial charge in [-0.3, -0.25) is 0 Å². The minimum Gasteiger partial charge on any atom is -0.445 e. The Labute approximate surface area is 97.5 Å². The van der Waals surface area contributed by atoms with Crippen molar-refractivity contribution in [2.45, 2.75) is 12.8 Å². The van der Waals surface area contributed by atoms with Crippen molar-refractivity contribution in [1.29, 1.82) is 0 Å². The highest BCUT2D eigenvalue weighted by Gasteiger charge is 2.30. The first-order chi connectivity index (χ1) is 7.30. The molecule has 1 rings (SSSR count). The number of primary amides is 1. The minimum absolute atomic E-state index is 0.202. The maximum Gasteiger partial charge on any atom is 0.416 e. The smallest absolute Gasteiger partial charge is 0.416 e. The second-order valence-corrected chi connectivity index (χ2v) is 3.77. The SMILES string of the molecule is NC(=O)OCc1cc(C(F)(F)F)ccc1Br. The van der Waals surface area contributed by atoms with Gasteiger partial charge >= 0.3 is 12.3 Å². The van der Waals surface area contributed by atoms with E-state index in [-0.39, 0.29) is 12.2 Å². The van der Waals surface area contributed by atoms with E-state index < -0.39 is 17.8 Å². The van der Waals surface area contributed by atoms with Crippen LogP contribution in [0.15, 0.2) is 22.7 Å². The Morgan fingerprint density at radius 2 is 2.06 bits per heavy atom. The topological polar surface area (TPSA) is 52.3 Å². The average molecular weight is 298 g/mol. The van der Waals surface area contributed by atoms with E-state index in [4.69, 9.17) is 5.73 Å². The highest BCUT2D eigenvalue weighted by Crippen LogP contribution is 2.32. The van der Waals surface area contributed by atoms with E-state index in [2.05, 4.69) is 20.7 Å². The number of hydrogen-bond donors (Lipinski definition) is 1. The lowest BCUT2D eigenvalue weighted by molar-refractivity contribution is -0.137. The molecule has 0 bridgehead atoms. The van der Waals surface area contributed by atoms with Crippen molar-refractivity contribution in [1.82, 2.24) is 0 Å². The predicted molar refractivity (Wildman–Crippen MR) is 53.5 cm³/mol. The van der Waals surface area contributed by atoms with Crippen LogP contribution in [0.2, 0.25) is 0 Å². The molecule has 88 valence electrons. The van der Waals surface area contributed by atoms with Crippen LogP contribution >= 0.6 is 15.9 Å². The molecular weight excluding hydrogens is 291 g/mol. The third-order valence-electron chi connectivity index (χ3n) is 1.74. The van der Waals surface area contributed by atoms with Crippen LogP contribution < -0.4 is 5.73 Å². The lowest BCUT2D eigenvalue weighted by atomic mass is 10.1. The number of carbonyl (C=O) groups is 1. The number of halogens is 4. The number of alkyl halides is 3. The van der Waals surface area contributed by atoms with Gasteiger partial charge in [-0.2, -0.15) is 13.2 Å². The van der Waals surface area contributed by atoms with Crippen molar-refractivity contribution in [3.63, 3.8) is 0 Å². The van der Waals surface area contributed by atoms with Crippen molar-refractivity contribution in [2.24, 2.45) is 5.73 Å². The predicted octanol–water partition coefficient (Wildman–Crippen LogP) is 3.06. The molecule has 0 heterocycles. The molecule has 0 saturated carbocycles. The first-order valence-corrected chi connectivity index (χ1v) is 4.88. The molecule has 0 spiro atoms. The third-order valence-corrected chi connectivity index (χ3v) is 2.52. The molecule has 1 aromatic carbocycles. The van der Waals surface area contributed by atoms with Crippen molar-refractivity contribution in [3.05, 3.63) is 33.8 Å². The van der Waals surface area contributed by atoms with E-state index in [0.717, 1.165) is 12.1 Å². The fourth-order valence-corrected chi connectivity index (χ4v) is 1.37. The van der Waals surface area contributed by atoms with Gasteiger partial charge in [0, 0.05) is 10.0 Å². The number of benzene rings is 1. The van der Waals surface area contributed by atoms with Crippen LogP contribution in [0, 0.1) is 0 Å². The lowest BCUT2D eigenvalue weighted by Crippen LogP contribution is -2.13. The second-order valence-electron chi connectivity index (χ2n) is 2.91. The molecule has 1 amide bonds. The lowest BCUT2D eigenvalue weighted by Gasteiger charge is -2.10. The Balaban J connectivity index is 2.95. The van der Waals surface area contributed by atoms with E-state index in [1.54, 1.807) is 0 Å². The summed E-state index contributed by atoms with van der Waals surface area (Å²) in [5.41, 5.74) is 4.11. The largest absolute Gasteiger partial charge is 0.445 e. The van der Waals surface area contributed by atoms with E-state index in [1.165, 1.54) is 6.07 Å². The summed E-state index contributed by atoms with van der Waals surface area (Å²) >= 11 is 3.05. The van der Waals surface area contributed by atoms with Gasteiger partial charge in [0.25, 0.3) is 0 Å². The summed E-state index contributed by atoms with van der Waals surface area (Å²) in [6, 6.07) is 3.06. The summed E-state index contributed by atoms with van der Waals surface area (Å²) in [5, 5.41) is 0. The number of ether oxygens (including phenoxy) is 1. The average Bonchev–Trinajstić information content (AvgIpc) is 2.14. The van der Waals surface area contributed by atoms with Gasteiger partial charge in [-0.05, 0) is 18.2 Å². The van der Waals surface area contributed by atoms with Crippen molar-refractivity contribution in [3.8, 4) is 0 Å². The summed E-state index contributed by atoms with van der Waals surface area (Å²) in [7, 11) is 0. The molecule has 1 aromatic rings. The Morgan fingerprint density at radius 3 is 2.56 bits per heavy atom. The summed E-state index contributed by atoms with van der Waals surface area (Å²) < 4.78 is 41.9. The van der Waals surface area contributed by atoms with E-state index in [9.17, 15) is 18.0 Å². The van der Waals surface area contributed by atoms with Crippen LogP contribution in [0.25, 0.3) is 0 Å². The van der Waals surface area contributed by atoms with E-state index >= 15 is 0 Å². The normalized spacial score (nSPS) is 11.2. The highest BCUT2D eigenvalue weighted by molar-refractivity contribution is 9.10. The monoisotopic (exact) mass is 297 g/mol. The Morgan fingerprint density at radius 1 is 1.44 bits per heavy atom. The molecule has 16 heavy (non-hydrogen) atoms. The molecule has 0 saturated heterocycles. The van der Waals surface area contributed by atoms with Gasteiger partial charge < -0.3 is 10.5 Å².